The molecule has 10 heteroatoms. The van der Waals surface area contributed by atoms with Gasteiger partial charge in [-0.1, -0.05) is 6.07 Å². The third-order valence-corrected chi connectivity index (χ3v) is 7.38. The fourth-order valence-corrected chi connectivity index (χ4v) is 5.61. The summed E-state index contributed by atoms with van der Waals surface area (Å²) in [4.78, 5) is 14.6. The number of aromatic amines is 1. The van der Waals surface area contributed by atoms with Gasteiger partial charge in [0.2, 0.25) is 5.88 Å². The number of phenols is 1. The van der Waals surface area contributed by atoms with E-state index >= 15 is 4.39 Å². The summed E-state index contributed by atoms with van der Waals surface area (Å²) in [6.07, 6.45) is 2.16. The first kappa shape index (κ1) is 25.0. The van der Waals surface area contributed by atoms with Crippen LogP contribution in [0.3, 0.4) is 0 Å². The van der Waals surface area contributed by atoms with E-state index in [0.29, 0.717) is 30.5 Å². The van der Waals surface area contributed by atoms with Crippen molar-refractivity contribution < 1.29 is 23.8 Å². The number of carbonyl (C=O) groups excluding carboxylic acids is 1. The average Bonchev–Trinajstić information content (AvgIpc) is 3.43. The summed E-state index contributed by atoms with van der Waals surface area (Å²) in [5.74, 6) is 0.237. The van der Waals surface area contributed by atoms with Crippen molar-refractivity contribution in [1.82, 2.24) is 25.3 Å². The minimum atomic E-state index is -1.43. The number of hydrogen-bond acceptors (Lipinski definition) is 7. The van der Waals surface area contributed by atoms with E-state index in [4.69, 9.17) is 9.47 Å². The summed E-state index contributed by atoms with van der Waals surface area (Å²) >= 11 is 0. The molecule has 196 valence electrons. The smallest absolute Gasteiger partial charge is 0.411 e. The van der Waals surface area contributed by atoms with Gasteiger partial charge in [0, 0.05) is 35.3 Å². The lowest BCUT2D eigenvalue weighted by Crippen LogP contribution is -2.67. The number of piperidine rings is 1. The van der Waals surface area contributed by atoms with E-state index in [9.17, 15) is 9.90 Å². The van der Waals surface area contributed by atoms with Gasteiger partial charge in [0.05, 0.1) is 17.4 Å². The summed E-state index contributed by atoms with van der Waals surface area (Å²) in [5.41, 5.74) is 0.319. The van der Waals surface area contributed by atoms with E-state index in [0.717, 1.165) is 11.1 Å². The standard InChI is InChI=1S/C27H32FN5O4/c1-25(2,3)37-24(35)33-26(4)10-11-27(33,5)23(28)21(13-26)36-22-9-8-19(31-32-22)18-7-6-16(12-20(18)34)17-14-29-30-15-17/h6-9,12,14-15,21,23,34H,10-11,13H2,1-5H3,(H,29,30)/t21-,23-,26-,27+/m0/s1. The van der Waals surface area contributed by atoms with Crippen LogP contribution in [0.1, 0.15) is 53.9 Å². The molecule has 2 fully saturated rings. The van der Waals surface area contributed by atoms with Crippen LogP contribution in [0.25, 0.3) is 22.4 Å². The number of fused-ring (bicyclic) bond motifs is 2. The summed E-state index contributed by atoms with van der Waals surface area (Å²) in [6.45, 7) is 9.12. The van der Waals surface area contributed by atoms with E-state index in [1.165, 1.54) is 0 Å². The maximum atomic E-state index is 15.9. The quantitative estimate of drug-likeness (QED) is 0.492. The van der Waals surface area contributed by atoms with E-state index in [1.54, 1.807) is 69.3 Å². The molecular weight excluding hydrogens is 477 g/mol. The van der Waals surface area contributed by atoms with E-state index in [-0.39, 0.29) is 11.6 Å². The largest absolute Gasteiger partial charge is 0.507 e. The summed E-state index contributed by atoms with van der Waals surface area (Å²) in [7, 11) is 0. The van der Waals surface area contributed by atoms with Gasteiger partial charge in [0.25, 0.3) is 0 Å². The molecule has 1 amide bonds. The molecule has 2 aliphatic heterocycles. The van der Waals surface area contributed by atoms with Crippen molar-refractivity contribution in [3.8, 4) is 34.0 Å². The van der Waals surface area contributed by atoms with Gasteiger partial charge in [-0.15, -0.1) is 10.2 Å². The predicted molar refractivity (Wildman–Crippen MR) is 135 cm³/mol. The molecule has 2 aromatic heterocycles. The fraction of sp³-hybridized carbons (Fsp3) is 0.481. The van der Waals surface area contributed by atoms with Gasteiger partial charge in [-0.25, -0.2) is 9.18 Å². The van der Waals surface area contributed by atoms with Gasteiger partial charge in [0.15, 0.2) is 6.17 Å². The molecule has 4 heterocycles. The zero-order valence-electron chi connectivity index (χ0n) is 21.7. The first-order valence-electron chi connectivity index (χ1n) is 12.4. The molecule has 4 atom stereocenters. The number of halogens is 1. The van der Waals surface area contributed by atoms with Crippen LogP contribution >= 0.6 is 0 Å². The second-order valence-electron chi connectivity index (χ2n) is 11.4. The van der Waals surface area contributed by atoms with Crippen molar-refractivity contribution in [2.24, 2.45) is 0 Å². The van der Waals surface area contributed by atoms with Gasteiger partial charge in [-0.2, -0.15) is 5.10 Å². The molecule has 2 aliphatic rings. The average molecular weight is 510 g/mol. The second-order valence-corrected chi connectivity index (χ2v) is 11.4. The maximum Gasteiger partial charge on any atom is 0.411 e. The number of ether oxygens (including phenoxy) is 2. The molecule has 0 spiro atoms. The molecular formula is C27H32FN5O4. The summed E-state index contributed by atoms with van der Waals surface area (Å²) < 4.78 is 27.5. The number of alkyl halides is 1. The molecule has 2 N–H and O–H groups in total. The Morgan fingerprint density at radius 3 is 2.57 bits per heavy atom. The highest BCUT2D eigenvalue weighted by Gasteiger charge is 2.64. The Balaban J connectivity index is 1.32. The molecule has 9 nitrogen and oxygen atoms in total. The number of benzene rings is 1. The van der Waals surface area contributed by atoms with Crippen LogP contribution in [0.2, 0.25) is 0 Å². The highest BCUT2D eigenvalue weighted by Crippen LogP contribution is 2.52. The highest BCUT2D eigenvalue weighted by atomic mass is 19.1. The van der Waals surface area contributed by atoms with Crippen molar-refractivity contribution in [3.05, 3.63) is 42.7 Å². The number of rotatable bonds is 4. The SMILES string of the molecule is CC(C)(C)OC(=O)N1[C@@]2(C)CC[C@]1(C)[C@@H](F)[C@@H](Oc1ccc(-c3ccc(-c4cn[nH]c4)cc3O)nn1)C2. The first-order chi connectivity index (χ1) is 17.4. The monoisotopic (exact) mass is 509 g/mol. The highest BCUT2D eigenvalue weighted by molar-refractivity contribution is 5.74. The molecule has 0 unspecified atom stereocenters. The minimum Gasteiger partial charge on any atom is -0.507 e. The Hall–Kier alpha value is -3.69. The molecule has 2 saturated heterocycles. The number of H-pyrrole nitrogens is 1. The third-order valence-electron chi connectivity index (χ3n) is 7.38. The van der Waals surface area contributed by atoms with Crippen LogP contribution in [0.4, 0.5) is 9.18 Å². The molecule has 0 aliphatic carbocycles. The topological polar surface area (TPSA) is 113 Å². The summed E-state index contributed by atoms with van der Waals surface area (Å²) in [5, 5.41) is 25.6. The Morgan fingerprint density at radius 2 is 1.95 bits per heavy atom. The molecule has 3 aromatic rings. The zero-order valence-corrected chi connectivity index (χ0v) is 21.7. The van der Waals surface area contributed by atoms with Crippen LogP contribution in [-0.4, -0.2) is 65.4 Å². The number of aromatic hydroxyl groups is 1. The summed E-state index contributed by atoms with van der Waals surface area (Å²) in [6, 6.07) is 8.54. The Bertz CT molecular complexity index is 1290. The molecule has 1 aromatic carbocycles. The number of nitrogens with zero attached hydrogens (tertiary/aromatic N) is 4. The number of aromatic nitrogens is 4. The van der Waals surface area contributed by atoms with Crippen molar-refractivity contribution in [2.75, 3.05) is 0 Å². The number of phenolic OH excluding ortho intramolecular Hbond substituents is 1. The van der Waals surface area contributed by atoms with Gasteiger partial charge in [-0.3, -0.25) is 10.00 Å². The lowest BCUT2D eigenvalue weighted by Gasteiger charge is -2.51. The van der Waals surface area contributed by atoms with Crippen molar-refractivity contribution in [1.29, 1.82) is 0 Å². The zero-order chi connectivity index (χ0) is 26.6. The number of amides is 1. The molecule has 2 bridgehead atoms. The van der Waals surface area contributed by atoms with Crippen molar-refractivity contribution in [3.63, 3.8) is 0 Å². The Labute approximate surface area is 215 Å². The normalized spacial score (nSPS) is 27.2. The van der Waals surface area contributed by atoms with Crippen LogP contribution in [0.5, 0.6) is 11.6 Å². The Kier molecular flexibility index (Phi) is 5.88. The Morgan fingerprint density at radius 1 is 1.16 bits per heavy atom. The van der Waals surface area contributed by atoms with Crippen molar-refractivity contribution in [2.45, 2.75) is 82.8 Å². The number of nitrogens with one attached hydrogen (secondary N) is 1. The predicted octanol–water partition coefficient (Wildman–Crippen LogP) is 5.28. The van der Waals surface area contributed by atoms with Gasteiger partial charge < -0.3 is 14.6 Å². The van der Waals surface area contributed by atoms with Crippen LogP contribution < -0.4 is 4.74 Å². The number of hydrogen-bond donors (Lipinski definition) is 2. The third kappa shape index (κ3) is 4.49. The van der Waals surface area contributed by atoms with Gasteiger partial charge in [0.1, 0.15) is 17.5 Å². The lowest BCUT2D eigenvalue weighted by atomic mass is 9.82. The molecule has 37 heavy (non-hydrogen) atoms. The molecule has 0 radical (unpaired) electrons. The van der Waals surface area contributed by atoms with E-state index in [2.05, 4.69) is 20.4 Å². The van der Waals surface area contributed by atoms with Crippen LogP contribution in [0.15, 0.2) is 42.7 Å². The lowest BCUT2D eigenvalue weighted by molar-refractivity contribution is -0.101. The van der Waals surface area contributed by atoms with Crippen LogP contribution in [0, 0.1) is 0 Å². The first-order valence-corrected chi connectivity index (χ1v) is 12.4. The molecule has 0 saturated carbocycles. The van der Waals surface area contributed by atoms with E-state index in [1.807, 2.05) is 13.0 Å². The van der Waals surface area contributed by atoms with E-state index < -0.39 is 35.0 Å². The minimum absolute atomic E-state index is 0.0532. The molecule has 5 rings (SSSR count). The maximum absolute atomic E-state index is 15.9. The second kappa shape index (κ2) is 8.71. The fourth-order valence-electron chi connectivity index (χ4n) is 5.61. The van der Waals surface area contributed by atoms with Crippen molar-refractivity contribution >= 4 is 6.09 Å². The van der Waals surface area contributed by atoms with Gasteiger partial charge >= 0.3 is 6.09 Å². The van der Waals surface area contributed by atoms with Gasteiger partial charge in [-0.05, 0) is 71.2 Å². The number of carbonyl (C=O) groups is 1. The van der Waals surface area contributed by atoms with Crippen LogP contribution in [-0.2, 0) is 4.74 Å².